The van der Waals surface area contributed by atoms with E-state index in [4.69, 9.17) is 65.2 Å². The number of anilines is 3. The van der Waals surface area contributed by atoms with Crippen molar-refractivity contribution in [2.75, 3.05) is 103 Å². The Morgan fingerprint density at radius 2 is 0.938 bits per heavy atom. The number of nitriles is 1. The van der Waals surface area contributed by atoms with Crippen molar-refractivity contribution >= 4 is 101 Å². The monoisotopic (exact) mass is 2080 g/mol. The summed E-state index contributed by atoms with van der Waals surface area (Å²) in [6, 6.07) is 48.7. The van der Waals surface area contributed by atoms with Gasteiger partial charge in [0.1, 0.15) is 69.0 Å². The van der Waals surface area contributed by atoms with Gasteiger partial charge in [0.05, 0.1) is 124 Å². The standard InChI is InChI=1S/C25H26ClFN6O.C21H27FN6O.C14H13ClN4O.C12H13FN2.C12H14FNO2.C12H16FNO.C8H5BrFN.C5H9/c1-34-20-8-5-17(6-9-20)13-28-23-21-14-29-33(24(21)31-25(26)30-23)15-18-4-7-19(22(27)12-18)16-32-10-2-3-11-32;1-2-3-10-29-21-25-19(23)17-12-24-28(20(17)26-21)13-15-6-7-16(18(22)11-15)14-27-8-4-5-9-27;1-20-10-4-2-9(3-5-10)7-16-14-11-8-17-19-12(11)6-13(15)18-14;13-12-7-10(8-14)3-4-11(12)9-15-5-1-2-6-15;13-11-7-9(12(15)16)3-4-10(11)8-14-5-1-2-6-14;13-12-7-10(9-15)3-4-11(12)8-14-5-1-2-6-14;1-11-7-3-2-6(5-9)8(10)4-7;1-2-4-5-3-1/h4-9,12,14H,2-3,10-11,13,15-16H2,1H3,(H,28,30,31);6-7,11-12H,2-5,8-10,13-14H2,1H3,(H2,23,25,26);2-6,8H,7H2,1H3,(H,16,18)(H,17,19);3-4,7H,1-2,5-6,9H2;3-4,7H,1-2,5-6,8H2,(H,15,16);3-4,7,15H,1-2,5-6,8-9H2;2-4H,5H2;1H,2-5H2/q;;;;;;;+1. The lowest BCUT2D eigenvalue weighted by Crippen LogP contribution is -2.19. The van der Waals surface area contributed by atoms with Crippen LogP contribution in [0.5, 0.6) is 17.5 Å². The predicted octanol–water partition coefficient (Wildman–Crippen LogP) is 22.8. The van der Waals surface area contributed by atoms with Crippen LogP contribution in [-0.4, -0.2) is 182 Å². The van der Waals surface area contributed by atoms with E-state index in [2.05, 4.69) is 115 Å². The van der Waals surface area contributed by atoms with Gasteiger partial charge in [-0.3, -0.25) is 29.6 Å². The van der Waals surface area contributed by atoms with E-state index in [1.165, 1.54) is 101 Å². The summed E-state index contributed by atoms with van der Waals surface area (Å²) in [4.78, 5) is 46.7. The molecule has 0 spiro atoms. The molecule has 5 aliphatic heterocycles. The van der Waals surface area contributed by atoms with Gasteiger partial charge < -0.3 is 40.8 Å². The number of hydrogen-bond acceptors (Lipinski definition) is 22. The Bertz CT molecular complexity index is 6590. The van der Waals surface area contributed by atoms with Gasteiger partial charge in [-0.25, -0.2) is 50.3 Å². The van der Waals surface area contributed by atoms with Crippen molar-refractivity contribution in [2.24, 2.45) is 0 Å². The third kappa shape index (κ3) is 33.3. The molecule has 1 saturated carbocycles. The van der Waals surface area contributed by atoms with Crippen LogP contribution in [0, 0.1) is 59.2 Å². The molecule has 0 radical (unpaired) electrons. The zero-order valence-electron chi connectivity index (χ0n) is 81.9. The second kappa shape index (κ2) is 56.5. The minimum atomic E-state index is -1.09. The van der Waals surface area contributed by atoms with E-state index >= 15 is 0 Å². The van der Waals surface area contributed by atoms with Gasteiger partial charge in [0.2, 0.25) is 5.28 Å². The number of nitrogens with one attached hydrogen (secondary N) is 3. The number of likely N-dealkylation sites (tertiary alicyclic amines) is 5. The first-order chi connectivity index (χ1) is 70.5. The van der Waals surface area contributed by atoms with E-state index in [9.17, 15) is 31.1 Å². The van der Waals surface area contributed by atoms with E-state index in [-0.39, 0.29) is 52.6 Å². The number of aromatic amines is 1. The normalized spacial score (nSPS) is 14.5. The minimum absolute atomic E-state index is 0.00247. The zero-order valence-corrected chi connectivity index (χ0v) is 85.0. The number of aliphatic hydroxyl groups is 1. The van der Waals surface area contributed by atoms with Gasteiger partial charge in [-0.15, -0.1) is 0 Å². The predicted molar refractivity (Wildman–Crippen MR) is 558 cm³/mol. The van der Waals surface area contributed by atoms with Crippen molar-refractivity contribution in [3.8, 4) is 23.6 Å². The molecule has 6 aromatic heterocycles. The molecule has 20 rings (SSSR count). The van der Waals surface area contributed by atoms with Gasteiger partial charge in [-0.05, 0) is 267 Å². The molecule has 0 amide bonds. The highest BCUT2D eigenvalue weighted by Crippen LogP contribution is 2.31. The van der Waals surface area contributed by atoms with Crippen LogP contribution in [0.3, 0.4) is 0 Å². The number of nitrogens with two attached hydrogens (primary N) is 1. The van der Waals surface area contributed by atoms with Crippen molar-refractivity contribution in [1.82, 2.24) is 79.2 Å². The Balaban J connectivity index is 0.000000145. The number of rotatable bonds is 29. The summed E-state index contributed by atoms with van der Waals surface area (Å²) in [5.41, 5.74) is 17.3. The fourth-order valence-electron chi connectivity index (χ4n) is 17.2. The first-order valence-electron chi connectivity index (χ1n) is 49.0. The number of carboxylic acid groups (broad SMARTS) is 1. The number of carboxylic acids is 1. The molecule has 27 nitrogen and oxygen atoms in total. The Hall–Kier alpha value is -13.0. The molecule has 0 atom stereocenters. The van der Waals surface area contributed by atoms with Gasteiger partial charge in [-0.2, -0.15) is 40.5 Å². The summed E-state index contributed by atoms with van der Waals surface area (Å²) in [5.74, 6) is 0.633. The molecule has 6 fully saturated rings. The Kier molecular flexibility index (Phi) is 42.5. The quantitative estimate of drug-likeness (QED) is 0.00634. The van der Waals surface area contributed by atoms with Crippen LogP contribution in [0.15, 0.2) is 182 Å². The average molecular weight is 2090 g/mol. The summed E-state index contributed by atoms with van der Waals surface area (Å²) >= 11 is 15.3. The number of pyridine rings is 1. The maximum Gasteiger partial charge on any atom is 0.335 e. The van der Waals surface area contributed by atoms with Gasteiger partial charge in [-0.1, -0.05) is 126 Å². The lowest BCUT2D eigenvalue weighted by molar-refractivity contribution is 0.0696. The molecular formula is C109H123BrCl2F6N21O6+. The number of ether oxygens (including phenoxy) is 3. The first-order valence-corrected chi connectivity index (χ1v) is 50.9. The number of nitrogens with zero attached hydrogens (tertiary/aromatic N) is 17. The summed E-state index contributed by atoms with van der Waals surface area (Å²) in [6.07, 6.45) is 27.0. The molecule has 1 aliphatic carbocycles. The number of H-pyrrole nitrogens is 1. The average Bonchev–Trinajstić information content (AvgIpc) is 1.65. The molecule has 7 N–H and O–H groups in total. The molecule has 8 aromatic carbocycles. The SMILES string of the molecule is CCCCOc1nc(N)c2cnn(Cc3ccc(CN4CCCC4)c(F)c3)c2n1.COc1ccc(CNc2nc(Cl)cc3[nH]ncc23)cc1.COc1ccc(CNc2nc(Cl)nc3c2cnn3Cc2ccc(CN3CCCC3)c(F)c2)cc1.N#Cc1ccc(CN2CCCC2)c(F)c1.O=C(O)c1ccc(CN2CCCC2)c(F)c1.OCc1ccc(CN2CCCC2)c(F)c1.[C-]#[N+]c1ccc(CBr)c(F)c1.[CH+]1CCCC1. The molecule has 11 heterocycles. The van der Waals surface area contributed by atoms with Gasteiger partial charge >= 0.3 is 12.0 Å². The van der Waals surface area contributed by atoms with Crippen molar-refractivity contribution in [3.63, 3.8) is 0 Å². The number of methoxy groups -OCH3 is 2. The molecule has 6 aliphatic rings. The summed E-state index contributed by atoms with van der Waals surface area (Å²) < 4.78 is 102. The third-order valence-corrected chi connectivity index (χ3v) is 26.3. The highest BCUT2D eigenvalue weighted by molar-refractivity contribution is 9.08. The highest BCUT2D eigenvalue weighted by atomic mass is 79.9. The number of alkyl halides is 1. The number of aromatic carboxylic acids is 1. The molecule has 145 heavy (non-hydrogen) atoms. The molecule has 762 valence electrons. The van der Waals surface area contributed by atoms with E-state index in [1.54, 1.807) is 103 Å². The fourth-order valence-corrected chi connectivity index (χ4v) is 18.0. The maximum absolute atomic E-state index is 14.8. The summed E-state index contributed by atoms with van der Waals surface area (Å²) in [5, 5.41) is 51.9. The molecule has 0 unspecified atom stereocenters. The maximum atomic E-state index is 14.8. The van der Waals surface area contributed by atoms with Gasteiger partial charge in [0.25, 0.3) is 0 Å². The zero-order chi connectivity index (χ0) is 102. The number of aromatic nitrogens is 11. The van der Waals surface area contributed by atoms with Crippen LogP contribution in [0.1, 0.15) is 187 Å². The van der Waals surface area contributed by atoms with E-state index < -0.39 is 11.8 Å². The Morgan fingerprint density at radius 3 is 1.36 bits per heavy atom. The van der Waals surface area contributed by atoms with Crippen molar-refractivity contribution in [1.29, 1.82) is 5.26 Å². The largest absolute Gasteiger partial charge is 0.497 e. The number of carbonyl (C=O) groups is 1. The number of benzene rings is 8. The number of halogens is 9. The summed E-state index contributed by atoms with van der Waals surface area (Å²) in [6.45, 7) is 24.8. The number of aliphatic hydroxyl groups excluding tert-OH is 1. The summed E-state index contributed by atoms with van der Waals surface area (Å²) in [7, 11) is 3.29. The van der Waals surface area contributed by atoms with Gasteiger partial charge in [0, 0.05) is 85.0 Å². The smallest absolute Gasteiger partial charge is 0.335 e. The Labute approximate surface area is 860 Å². The van der Waals surface area contributed by atoms with E-state index in [0.717, 1.165) is 170 Å². The topological polar surface area (TPSA) is 308 Å². The second-order valence-electron chi connectivity index (χ2n) is 36.0. The van der Waals surface area contributed by atoms with Crippen LogP contribution in [0.2, 0.25) is 10.4 Å². The van der Waals surface area contributed by atoms with Crippen LogP contribution < -0.4 is 30.6 Å². The lowest BCUT2D eigenvalue weighted by Gasteiger charge is -2.15. The number of fused-ring (bicyclic) bond motifs is 3. The van der Waals surface area contributed by atoms with Crippen molar-refractivity contribution in [3.05, 3.63) is 318 Å². The molecule has 5 saturated heterocycles. The number of hydrogen-bond donors (Lipinski definition) is 6. The second-order valence-corrected chi connectivity index (χ2v) is 37.3. The van der Waals surface area contributed by atoms with Crippen molar-refractivity contribution < 1.29 is 55.6 Å². The number of unbranched alkanes of at least 4 members (excludes halogenated alkanes) is 1. The minimum Gasteiger partial charge on any atom is -0.497 e. The molecule has 0 bridgehead atoms. The lowest BCUT2D eigenvalue weighted by atomic mass is 10.1. The highest BCUT2D eigenvalue weighted by Gasteiger charge is 2.24. The fraction of sp³-hybridized carbons (Fsp3) is 0.376. The molecular weight excluding hydrogens is 1960 g/mol. The number of nitrogen functional groups attached to an aromatic ring is 1. The van der Waals surface area contributed by atoms with Crippen LogP contribution in [-0.2, 0) is 70.8 Å². The first kappa shape index (κ1) is 109. The van der Waals surface area contributed by atoms with E-state index in [1.807, 2.05) is 78.9 Å². The third-order valence-electron chi connectivity index (χ3n) is 25.4. The van der Waals surface area contributed by atoms with Crippen molar-refractivity contribution in [2.45, 2.75) is 180 Å². The van der Waals surface area contributed by atoms with E-state index in [0.29, 0.717) is 138 Å². The molecule has 14 aromatic rings. The van der Waals surface area contributed by atoms with Crippen LogP contribution in [0.4, 0.5) is 49.5 Å². The Morgan fingerprint density at radius 1 is 0.510 bits per heavy atom. The van der Waals surface area contributed by atoms with Crippen LogP contribution >= 0.6 is 39.1 Å². The molecule has 36 heteroatoms. The van der Waals surface area contributed by atoms with Crippen LogP contribution in [0.25, 0.3) is 37.8 Å². The van der Waals surface area contributed by atoms with Gasteiger partial charge in [0.15, 0.2) is 17.0 Å².